The van der Waals surface area contributed by atoms with Crippen molar-refractivity contribution in [3.63, 3.8) is 0 Å². The van der Waals surface area contributed by atoms with E-state index in [4.69, 9.17) is 5.73 Å². The first-order valence-electron chi connectivity index (χ1n) is 4.72. The minimum atomic E-state index is -0.287. The molecule has 0 saturated carbocycles. The third kappa shape index (κ3) is 3.66. The van der Waals surface area contributed by atoms with Crippen LogP contribution in [-0.4, -0.2) is 16.3 Å². The summed E-state index contributed by atoms with van der Waals surface area (Å²) in [6.45, 7) is 3.83. The fourth-order valence-corrected chi connectivity index (χ4v) is 1.09. The Morgan fingerprint density at radius 2 is 2.21 bits per heavy atom. The van der Waals surface area contributed by atoms with Crippen LogP contribution in [0.4, 0.5) is 0 Å². The van der Waals surface area contributed by atoms with Crippen molar-refractivity contribution < 1.29 is 4.79 Å². The molecule has 0 aliphatic rings. The van der Waals surface area contributed by atoms with E-state index in [9.17, 15) is 4.79 Å². The lowest BCUT2D eigenvalue weighted by atomic mass is 9.97. The Labute approximate surface area is 84.3 Å². The van der Waals surface area contributed by atoms with Gasteiger partial charge in [0.1, 0.15) is 5.69 Å². The Morgan fingerprint density at radius 1 is 1.50 bits per heavy atom. The van der Waals surface area contributed by atoms with Crippen LogP contribution in [0.1, 0.15) is 37.2 Å². The molecule has 1 heterocycles. The topological polar surface area (TPSA) is 56.0 Å². The first-order valence-corrected chi connectivity index (χ1v) is 4.72. The Morgan fingerprint density at radius 3 is 2.71 bits per heavy atom. The number of pyridine rings is 1. The van der Waals surface area contributed by atoms with Crippen molar-refractivity contribution in [2.24, 2.45) is 5.73 Å². The van der Waals surface area contributed by atoms with Gasteiger partial charge in [-0.3, -0.25) is 9.78 Å². The Bertz CT molecular complexity index is 301. The summed E-state index contributed by atoms with van der Waals surface area (Å²) in [5.41, 5.74) is 6.03. The van der Waals surface area contributed by atoms with Gasteiger partial charge in [-0.1, -0.05) is 6.07 Å². The normalized spacial score (nSPS) is 11.4. The van der Waals surface area contributed by atoms with E-state index in [0.717, 1.165) is 0 Å². The van der Waals surface area contributed by atoms with E-state index in [1.54, 1.807) is 18.3 Å². The second kappa shape index (κ2) is 4.33. The molecule has 1 aromatic rings. The highest BCUT2D eigenvalue weighted by molar-refractivity contribution is 5.94. The maximum absolute atomic E-state index is 11.6. The lowest BCUT2D eigenvalue weighted by Gasteiger charge is -2.16. The molecule has 0 amide bonds. The summed E-state index contributed by atoms with van der Waals surface area (Å²) in [6, 6.07) is 5.34. The van der Waals surface area contributed by atoms with Gasteiger partial charge in [0.25, 0.3) is 0 Å². The first-order chi connectivity index (χ1) is 6.49. The van der Waals surface area contributed by atoms with Gasteiger partial charge in [0.05, 0.1) is 0 Å². The molecule has 0 aliphatic heterocycles. The second-order valence-corrected chi connectivity index (χ2v) is 4.13. The maximum atomic E-state index is 11.6. The number of Topliss-reactive ketones (excluding diaryl/α,β-unsaturated/α-hetero) is 1. The molecule has 0 atom stereocenters. The zero-order valence-electron chi connectivity index (χ0n) is 8.66. The van der Waals surface area contributed by atoms with Crippen LogP contribution in [0.15, 0.2) is 24.4 Å². The first kappa shape index (κ1) is 10.9. The number of rotatable bonds is 4. The summed E-state index contributed by atoms with van der Waals surface area (Å²) < 4.78 is 0. The predicted octanol–water partition coefficient (Wildman–Crippen LogP) is 1.78. The molecule has 0 saturated heterocycles. The van der Waals surface area contributed by atoms with Crippen LogP contribution in [0, 0.1) is 0 Å². The van der Waals surface area contributed by atoms with Gasteiger partial charge in [-0.15, -0.1) is 0 Å². The van der Waals surface area contributed by atoms with Gasteiger partial charge in [-0.2, -0.15) is 0 Å². The molecule has 0 radical (unpaired) electrons. The highest BCUT2D eigenvalue weighted by Crippen LogP contribution is 2.10. The van der Waals surface area contributed by atoms with Gasteiger partial charge in [-0.05, 0) is 32.4 Å². The van der Waals surface area contributed by atoms with Crippen LogP contribution in [-0.2, 0) is 0 Å². The smallest absolute Gasteiger partial charge is 0.181 e. The highest BCUT2D eigenvalue weighted by Gasteiger charge is 2.14. The zero-order valence-corrected chi connectivity index (χ0v) is 8.66. The molecule has 3 heteroatoms. The number of nitrogens with zero attached hydrogens (tertiary/aromatic N) is 1. The quantitative estimate of drug-likeness (QED) is 0.740. The SMILES string of the molecule is CC(C)(N)CCC(=O)c1ccccn1. The summed E-state index contributed by atoms with van der Waals surface area (Å²) in [6.07, 6.45) is 2.77. The third-order valence-electron chi connectivity index (χ3n) is 1.95. The standard InChI is InChI=1S/C11H16N2O/c1-11(2,12)7-6-10(14)9-5-3-4-8-13-9/h3-5,8H,6-7,12H2,1-2H3. The van der Waals surface area contributed by atoms with Crippen molar-refractivity contribution in [2.45, 2.75) is 32.2 Å². The van der Waals surface area contributed by atoms with E-state index < -0.39 is 0 Å². The Balaban J connectivity index is 2.52. The minimum absolute atomic E-state index is 0.0594. The van der Waals surface area contributed by atoms with Crippen molar-refractivity contribution >= 4 is 5.78 Å². The average Bonchev–Trinajstić information content (AvgIpc) is 2.14. The molecule has 0 spiro atoms. The number of hydrogen-bond donors (Lipinski definition) is 1. The zero-order chi connectivity index (χ0) is 10.6. The van der Waals surface area contributed by atoms with E-state index in [1.807, 2.05) is 19.9 Å². The maximum Gasteiger partial charge on any atom is 0.181 e. The van der Waals surface area contributed by atoms with Crippen LogP contribution in [0.5, 0.6) is 0 Å². The van der Waals surface area contributed by atoms with Crippen molar-refractivity contribution in [1.29, 1.82) is 0 Å². The van der Waals surface area contributed by atoms with Gasteiger partial charge in [-0.25, -0.2) is 0 Å². The van der Waals surface area contributed by atoms with E-state index in [-0.39, 0.29) is 11.3 Å². The summed E-state index contributed by atoms with van der Waals surface area (Å²) >= 11 is 0. The molecule has 0 aliphatic carbocycles. The monoisotopic (exact) mass is 192 g/mol. The van der Waals surface area contributed by atoms with E-state index >= 15 is 0 Å². The molecular weight excluding hydrogens is 176 g/mol. The predicted molar refractivity (Wildman–Crippen MR) is 56.1 cm³/mol. The number of aromatic nitrogens is 1. The second-order valence-electron chi connectivity index (χ2n) is 4.13. The number of ketones is 1. The number of nitrogens with two attached hydrogens (primary N) is 1. The van der Waals surface area contributed by atoms with Gasteiger partial charge in [0.15, 0.2) is 5.78 Å². The molecule has 2 N–H and O–H groups in total. The van der Waals surface area contributed by atoms with Gasteiger partial charge < -0.3 is 5.73 Å². The molecule has 76 valence electrons. The molecule has 0 bridgehead atoms. The van der Waals surface area contributed by atoms with Crippen molar-refractivity contribution in [2.75, 3.05) is 0 Å². The van der Waals surface area contributed by atoms with Gasteiger partial charge in [0.2, 0.25) is 0 Å². The Kier molecular flexibility index (Phi) is 3.36. The van der Waals surface area contributed by atoms with Gasteiger partial charge in [0, 0.05) is 18.2 Å². The lowest BCUT2D eigenvalue weighted by Crippen LogP contribution is -2.32. The minimum Gasteiger partial charge on any atom is -0.326 e. The van der Waals surface area contributed by atoms with E-state index in [0.29, 0.717) is 18.5 Å². The van der Waals surface area contributed by atoms with Crippen LogP contribution >= 0.6 is 0 Å². The summed E-state index contributed by atoms with van der Waals surface area (Å²) in [4.78, 5) is 15.6. The molecule has 0 unspecified atom stereocenters. The van der Waals surface area contributed by atoms with Crippen molar-refractivity contribution in [3.05, 3.63) is 30.1 Å². The molecule has 1 rings (SSSR count). The van der Waals surface area contributed by atoms with Gasteiger partial charge >= 0.3 is 0 Å². The fourth-order valence-electron chi connectivity index (χ4n) is 1.09. The highest BCUT2D eigenvalue weighted by atomic mass is 16.1. The largest absolute Gasteiger partial charge is 0.326 e. The van der Waals surface area contributed by atoms with E-state index in [2.05, 4.69) is 4.98 Å². The lowest BCUT2D eigenvalue weighted by molar-refractivity contribution is 0.0968. The van der Waals surface area contributed by atoms with Crippen molar-refractivity contribution in [1.82, 2.24) is 4.98 Å². The summed E-state index contributed by atoms with van der Waals surface area (Å²) in [7, 11) is 0. The summed E-state index contributed by atoms with van der Waals surface area (Å²) in [5.74, 6) is 0.0594. The summed E-state index contributed by atoms with van der Waals surface area (Å²) in [5, 5.41) is 0. The molecule has 14 heavy (non-hydrogen) atoms. The number of carbonyl (C=O) groups excluding carboxylic acids is 1. The number of carbonyl (C=O) groups is 1. The van der Waals surface area contributed by atoms with Crippen LogP contribution in [0.2, 0.25) is 0 Å². The number of hydrogen-bond acceptors (Lipinski definition) is 3. The Hall–Kier alpha value is -1.22. The molecule has 0 aromatic carbocycles. The average molecular weight is 192 g/mol. The van der Waals surface area contributed by atoms with E-state index in [1.165, 1.54) is 0 Å². The van der Waals surface area contributed by atoms with Crippen LogP contribution in [0.3, 0.4) is 0 Å². The van der Waals surface area contributed by atoms with Crippen LogP contribution in [0.25, 0.3) is 0 Å². The third-order valence-corrected chi connectivity index (χ3v) is 1.95. The van der Waals surface area contributed by atoms with Crippen LogP contribution < -0.4 is 5.73 Å². The molecule has 1 aromatic heterocycles. The molecule has 3 nitrogen and oxygen atoms in total. The fraction of sp³-hybridized carbons (Fsp3) is 0.455. The molecule has 0 fully saturated rings. The van der Waals surface area contributed by atoms with Crippen molar-refractivity contribution in [3.8, 4) is 0 Å². The molecular formula is C11H16N2O.